The molecule has 0 saturated heterocycles. The van der Waals surface area contributed by atoms with Crippen molar-refractivity contribution in [2.75, 3.05) is 12.3 Å². The Morgan fingerprint density at radius 3 is 2.84 bits per heavy atom. The SMILES string of the molecule is O=C(C=Cc1nc2ccccc2o1)NCCSCc1ccccc1F. The van der Waals surface area contributed by atoms with Crippen LogP contribution in [0, 0.1) is 5.82 Å². The summed E-state index contributed by atoms with van der Waals surface area (Å²) in [5.74, 6) is 1.28. The molecule has 0 fully saturated rings. The molecule has 3 aromatic rings. The van der Waals surface area contributed by atoms with Crippen molar-refractivity contribution in [3.05, 3.63) is 71.9 Å². The Balaban J connectivity index is 1.40. The van der Waals surface area contributed by atoms with Gasteiger partial charge in [0.25, 0.3) is 0 Å². The Labute approximate surface area is 149 Å². The molecule has 0 aliphatic carbocycles. The van der Waals surface area contributed by atoms with Gasteiger partial charge in [-0.3, -0.25) is 4.79 Å². The Bertz CT molecular complexity index is 859. The van der Waals surface area contributed by atoms with Crippen molar-refractivity contribution in [3.63, 3.8) is 0 Å². The lowest BCUT2D eigenvalue weighted by Gasteiger charge is -2.04. The molecular weight excluding hydrogens is 339 g/mol. The number of para-hydroxylation sites is 2. The summed E-state index contributed by atoms with van der Waals surface area (Å²) in [4.78, 5) is 16.0. The number of halogens is 1. The molecule has 0 radical (unpaired) electrons. The number of aromatic nitrogens is 1. The largest absolute Gasteiger partial charge is 0.437 e. The van der Waals surface area contributed by atoms with E-state index in [9.17, 15) is 9.18 Å². The summed E-state index contributed by atoms with van der Waals surface area (Å²) in [7, 11) is 0. The Hall–Kier alpha value is -2.60. The molecule has 6 heteroatoms. The molecule has 0 atom stereocenters. The fraction of sp³-hybridized carbons (Fsp3) is 0.158. The number of carbonyl (C=O) groups is 1. The normalized spacial score (nSPS) is 11.2. The van der Waals surface area contributed by atoms with E-state index in [1.54, 1.807) is 30.0 Å². The highest BCUT2D eigenvalue weighted by atomic mass is 32.2. The van der Waals surface area contributed by atoms with Crippen LogP contribution < -0.4 is 5.32 Å². The first-order valence-corrected chi connectivity index (χ1v) is 9.00. The van der Waals surface area contributed by atoms with Crippen LogP contribution in [0.2, 0.25) is 0 Å². The summed E-state index contributed by atoms with van der Waals surface area (Å²) < 4.78 is 19.0. The molecule has 0 spiro atoms. The van der Waals surface area contributed by atoms with Gasteiger partial charge in [0.15, 0.2) is 5.58 Å². The summed E-state index contributed by atoms with van der Waals surface area (Å²) in [6.07, 6.45) is 2.94. The molecule has 0 aliphatic heterocycles. The molecule has 25 heavy (non-hydrogen) atoms. The fourth-order valence-corrected chi connectivity index (χ4v) is 3.06. The van der Waals surface area contributed by atoms with E-state index in [4.69, 9.17) is 4.42 Å². The van der Waals surface area contributed by atoms with Gasteiger partial charge in [-0.05, 0) is 23.8 Å². The molecule has 0 unspecified atom stereocenters. The van der Waals surface area contributed by atoms with E-state index in [1.807, 2.05) is 30.3 Å². The van der Waals surface area contributed by atoms with Crippen LogP contribution in [0.15, 0.2) is 59.0 Å². The third kappa shape index (κ3) is 4.93. The molecule has 1 amide bonds. The standard InChI is InChI=1S/C19H17FN2O2S/c20-15-6-2-1-5-14(15)13-25-12-11-21-18(23)9-10-19-22-16-7-3-4-8-17(16)24-19/h1-10H,11-13H2,(H,21,23). The Kier molecular flexibility index (Phi) is 5.85. The van der Waals surface area contributed by atoms with Crippen LogP contribution in [0.5, 0.6) is 0 Å². The maximum atomic E-state index is 13.5. The number of thioether (sulfide) groups is 1. The highest BCUT2D eigenvalue weighted by Crippen LogP contribution is 2.16. The van der Waals surface area contributed by atoms with Gasteiger partial charge in [-0.2, -0.15) is 11.8 Å². The molecule has 2 aromatic carbocycles. The van der Waals surface area contributed by atoms with E-state index in [1.165, 1.54) is 12.1 Å². The van der Waals surface area contributed by atoms with Crippen molar-refractivity contribution in [1.82, 2.24) is 10.3 Å². The van der Waals surface area contributed by atoms with Crippen LogP contribution in [0.25, 0.3) is 17.2 Å². The third-order valence-corrected chi connectivity index (χ3v) is 4.46. The Morgan fingerprint density at radius 2 is 2.00 bits per heavy atom. The lowest BCUT2D eigenvalue weighted by atomic mass is 10.2. The zero-order chi connectivity index (χ0) is 17.5. The van der Waals surface area contributed by atoms with Crippen molar-refractivity contribution < 1.29 is 13.6 Å². The minimum atomic E-state index is -0.214. The number of benzene rings is 2. The van der Waals surface area contributed by atoms with Gasteiger partial charge in [0.05, 0.1) is 0 Å². The predicted octanol–water partition coefficient (Wildman–Crippen LogP) is 4.03. The second-order valence-electron chi connectivity index (χ2n) is 5.29. The molecule has 1 N–H and O–H groups in total. The minimum Gasteiger partial charge on any atom is -0.437 e. The number of oxazole rings is 1. The molecule has 4 nitrogen and oxygen atoms in total. The molecule has 0 bridgehead atoms. The molecule has 1 aromatic heterocycles. The first-order valence-electron chi connectivity index (χ1n) is 7.85. The fourth-order valence-electron chi connectivity index (χ4n) is 2.21. The zero-order valence-corrected chi connectivity index (χ0v) is 14.3. The highest BCUT2D eigenvalue weighted by molar-refractivity contribution is 7.98. The number of nitrogens with zero attached hydrogens (tertiary/aromatic N) is 1. The quantitative estimate of drug-likeness (QED) is 0.513. The second-order valence-corrected chi connectivity index (χ2v) is 6.39. The van der Waals surface area contributed by atoms with E-state index in [-0.39, 0.29) is 11.7 Å². The van der Waals surface area contributed by atoms with Crippen molar-refractivity contribution in [3.8, 4) is 0 Å². The van der Waals surface area contributed by atoms with Crippen LogP contribution in [0.4, 0.5) is 4.39 Å². The van der Waals surface area contributed by atoms with Gasteiger partial charge in [0.2, 0.25) is 11.8 Å². The molecule has 0 aliphatic rings. The number of rotatable bonds is 7. The summed E-state index contributed by atoms with van der Waals surface area (Å²) in [6, 6.07) is 14.1. The number of nitrogens with one attached hydrogen (secondary N) is 1. The van der Waals surface area contributed by atoms with Crippen LogP contribution >= 0.6 is 11.8 Å². The average Bonchev–Trinajstić information content (AvgIpc) is 3.04. The van der Waals surface area contributed by atoms with Gasteiger partial charge in [-0.1, -0.05) is 30.3 Å². The second kappa shape index (κ2) is 8.48. The van der Waals surface area contributed by atoms with Crippen molar-refractivity contribution in [2.24, 2.45) is 0 Å². The maximum absolute atomic E-state index is 13.5. The van der Waals surface area contributed by atoms with Crippen LogP contribution in [0.1, 0.15) is 11.5 Å². The van der Waals surface area contributed by atoms with E-state index in [2.05, 4.69) is 10.3 Å². The number of amides is 1. The summed E-state index contributed by atoms with van der Waals surface area (Å²) >= 11 is 1.57. The number of carbonyl (C=O) groups excluding carboxylic acids is 1. The van der Waals surface area contributed by atoms with E-state index < -0.39 is 0 Å². The van der Waals surface area contributed by atoms with Gasteiger partial charge < -0.3 is 9.73 Å². The number of hydrogen-bond acceptors (Lipinski definition) is 4. The molecular formula is C19H17FN2O2S. The maximum Gasteiger partial charge on any atom is 0.244 e. The van der Waals surface area contributed by atoms with Gasteiger partial charge in [0.1, 0.15) is 11.3 Å². The molecule has 3 rings (SSSR count). The molecule has 0 saturated carbocycles. The summed E-state index contributed by atoms with van der Waals surface area (Å²) in [5, 5.41) is 2.78. The summed E-state index contributed by atoms with van der Waals surface area (Å²) in [5.41, 5.74) is 2.12. The van der Waals surface area contributed by atoms with Crippen molar-refractivity contribution in [1.29, 1.82) is 0 Å². The summed E-state index contributed by atoms with van der Waals surface area (Å²) in [6.45, 7) is 0.510. The topological polar surface area (TPSA) is 55.1 Å². The first kappa shape index (κ1) is 17.2. The third-order valence-electron chi connectivity index (χ3n) is 3.45. The number of hydrogen-bond donors (Lipinski definition) is 1. The van der Waals surface area contributed by atoms with Crippen molar-refractivity contribution in [2.45, 2.75) is 5.75 Å². The average molecular weight is 356 g/mol. The number of fused-ring (bicyclic) bond motifs is 1. The van der Waals surface area contributed by atoms with Gasteiger partial charge in [0, 0.05) is 30.2 Å². The lowest BCUT2D eigenvalue weighted by Crippen LogP contribution is -2.23. The predicted molar refractivity (Wildman–Crippen MR) is 98.6 cm³/mol. The smallest absolute Gasteiger partial charge is 0.244 e. The Morgan fingerprint density at radius 1 is 1.20 bits per heavy atom. The van der Waals surface area contributed by atoms with Crippen LogP contribution in [-0.2, 0) is 10.5 Å². The van der Waals surface area contributed by atoms with Gasteiger partial charge >= 0.3 is 0 Å². The van der Waals surface area contributed by atoms with Gasteiger partial charge in [-0.25, -0.2) is 9.37 Å². The van der Waals surface area contributed by atoms with Crippen LogP contribution in [0.3, 0.4) is 0 Å². The van der Waals surface area contributed by atoms with E-state index >= 15 is 0 Å². The highest BCUT2D eigenvalue weighted by Gasteiger charge is 2.03. The first-order chi connectivity index (χ1) is 12.2. The minimum absolute atomic E-state index is 0.194. The molecule has 1 heterocycles. The van der Waals surface area contributed by atoms with E-state index in [0.29, 0.717) is 35.1 Å². The van der Waals surface area contributed by atoms with Crippen molar-refractivity contribution >= 4 is 34.8 Å². The zero-order valence-electron chi connectivity index (χ0n) is 13.4. The monoisotopic (exact) mass is 356 g/mol. The van der Waals surface area contributed by atoms with E-state index in [0.717, 1.165) is 5.52 Å². The lowest BCUT2D eigenvalue weighted by molar-refractivity contribution is -0.116. The van der Waals surface area contributed by atoms with Gasteiger partial charge in [-0.15, -0.1) is 0 Å². The van der Waals surface area contributed by atoms with Crippen LogP contribution in [-0.4, -0.2) is 23.2 Å². The molecule has 128 valence electrons.